The predicted molar refractivity (Wildman–Crippen MR) is 62.4 cm³/mol. The van der Waals surface area contributed by atoms with Crippen molar-refractivity contribution in [3.8, 4) is 0 Å². The van der Waals surface area contributed by atoms with E-state index in [1.165, 1.54) is 32.1 Å². The van der Waals surface area contributed by atoms with Crippen molar-refractivity contribution in [3.05, 3.63) is 0 Å². The zero-order chi connectivity index (χ0) is 11.3. The molecule has 1 unspecified atom stereocenters. The summed E-state index contributed by atoms with van der Waals surface area (Å²) in [5.41, 5.74) is 5.68. The van der Waals surface area contributed by atoms with E-state index in [1.807, 2.05) is 6.92 Å². The van der Waals surface area contributed by atoms with E-state index in [9.17, 15) is 4.79 Å². The van der Waals surface area contributed by atoms with Gasteiger partial charge >= 0.3 is 0 Å². The molecule has 0 radical (unpaired) electrons. The third kappa shape index (κ3) is 3.82. The Balaban J connectivity index is 2.33. The van der Waals surface area contributed by atoms with Gasteiger partial charge in [-0.25, -0.2) is 0 Å². The molecule has 0 spiro atoms. The summed E-state index contributed by atoms with van der Waals surface area (Å²) in [4.78, 5) is 11.6. The average Bonchev–Trinajstić information content (AvgIpc) is 2.29. The second-order valence-electron chi connectivity index (χ2n) is 4.71. The molecule has 1 aliphatic rings. The molecule has 2 atom stereocenters. The standard InChI is InChI=1S/C12H24N2O/c1-3-11(13)12(15)14-9(2)10-7-5-4-6-8-10/h9-11H,3-8,13H2,1-2H3,(H,14,15)/t9-,11?/m1/s1. The Hall–Kier alpha value is -0.570. The Morgan fingerprint density at radius 1 is 1.40 bits per heavy atom. The van der Waals surface area contributed by atoms with Crippen molar-refractivity contribution in [3.63, 3.8) is 0 Å². The first-order chi connectivity index (χ1) is 7.15. The number of carbonyl (C=O) groups is 1. The Labute approximate surface area is 92.8 Å². The minimum atomic E-state index is -0.337. The van der Waals surface area contributed by atoms with Crippen molar-refractivity contribution in [1.29, 1.82) is 0 Å². The van der Waals surface area contributed by atoms with Crippen LogP contribution in [0, 0.1) is 5.92 Å². The summed E-state index contributed by atoms with van der Waals surface area (Å²) >= 11 is 0. The van der Waals surface area contributed by atoms with Gasteiger partial charge in [0.15, 0.2) is 0 Å². The van der Waals surface area contributed by atoms with Crippen LogP contribution in [-0.4, -0.2) is 18.0 Å². The fraction of sp³-hybridized carbons (Fsp3) is 0.917. The van der Waals surface area contributed by atoms with E-state index in [-0.39, 0.29) is 18.0 Å². The van der Waals surface area contributed by atoms with Gasteiger partial charge in [0.1, 0.15) is 0 Å². The fourth-order valence-electron chi connectivity index (χ4n) is 2.27. The maximum Gasteiger partial charge on any atom is 0.237 e. The van der Waals surface area contributed by atoms with Crippen LogP contribution < -0.4 is 11.1 Å². The van der Waals surface area contributed by atoms with Gasteiger partial charge in [-0.1, -0.05) is 26.2 Å². The van der Waals surface area contributed by atoms with Crippen LogP contribution in [-0.2, 0) is 4.79 Å². The maximum atomic E-state index is 11.6. The van der Waals surface area contributed by atoms with Gasteiger partial charge in [0.05, 0.1) is 6.04 Å². The molecule has 3 N–H and O–H groups in total. The minimum absolute atomic E-state index is 0.00979. The molecule has 1 amide bonds. The van der Waals surface area contributed by atoms with Gasteiger partial charge in [-0.2, -0.15) is 0 Å². The molecule has 3 nitrogen and oxygen atoms in total. The van der Waals surface area contributed by atoms with Crippen LogP contribution in [0.2, 0.25) is 0 Å². The largest absolute Gasteiger partial charge is 0.352 e. The first-order valence-corrected chi connectivity index (χ1v) is 6.21. The van der Waals surface area contributed by atoms with Gasteiger partial charge in [-0.3, -0.25) is 4.79 Å². The molecule has 1 rings (SSSR count). The summed E-state index contributed by atoms with van der Waals surface area (Å²) < 4.78 is 0. The van der Waals surface area contributed by atoms with E-state index >= 15 is 0 Å². The predicted octanol–water partition coefficient (Wildman–Crippen LogP) is 1.81. The Morgan fingerprint density at radius 2 is 2.00 bits per heavy atom. The van der Waals surface area contributed by atoms with E-state index < -0.39 is 0 Å². The molecule has 3 heteroatoms. The van der Waals surface area contributed by atoms with E-state index in [0.717, 1.165) is 0 Å². The van der Waals surface area contributed by atoms with Crippen molar-refractivity contribution in [2.75, 3.05) is 0 Å². The topological polar surface area (TPSA) is 55.1 Å². The molecule has 1 aliphatic carbocycles. The van der Waals surface area contributed by atoms with Gasteiger partial charge in [-0.15, -0.1) is 0 Å². The Bertz CT molecular complexity index is 200. The van der Waals surface area contributed by atoms with Gasteiger partial charge in [-0.05, 0) is 32.1 Å². The second-order valence-corrected chi connectivity index (χ2v) is 4.71. The van der Waals surface area contributed by atoms with Crippen molar-refractivity contribution >= 4 is 5.91 Å². The minimum Gasteiger partial charge on any atom is -0.352 e. The van der Waals surface area contributed by atoms with E-state index in [4.69, 9.17) is 5.73 Å². The van der Waals surface area contributed by atoms with E-state index in [2.05, 4.69) is 12.2 Å². The molecule has 0 bridgehead atoms. The molecule has 0 aromatic rings. The van der Waals surface area contributed by atoms with Crippen LogP contribution >= 0.6 is 0 Å². The molecule has 0 aliphatic heterocycles. The third-order valence-corrected chi connectivity index (χ3v) is 3.50. The first-order valence-electron chi connectivity index (χ1n) is 6.21. The molecular formula is C12H24N2O. The quantitative estimate of drug-likeness (QED) is 0.746. The molecule has 0 saturated heterocycles. The summed E-state index contributed by atoms with van der Waals surface area (Å²) in [5.74, 6) is 0.669. The summed E-state index contributed by atoms with van der Waals surface area (Å²) in [6.45, 7) is 4.05. The number of hydrogen-bond donors (Lipinski definition) is 2. The molecule has 1 saturated carbocycles. The molecule has 0 heterocycles. The first kappa shape index (κ1) is 12.5. The molecule has 0 aromatic carbocycles. The molecule has 88 valence electrons. The highest BCUT2D eigenvalue weighted by Gasteiger charge is 2.22. The van der Waals surface area contributed by atoms with Crippen molar-refractivity contribution in [2.45, 2.75) is 64.5 Å². The molecule has 1 fully saturated rings. The summed E-state index contributed by atoms with van der Waals surface area (Å²) in [6, 6.07) is -0.0496. The van der Waals surface area contributed by atoms with Crippen molar-refractivity contribution in [2.24, 2.45) is 11.7 Å². The van der Waals surface area contributed by atoms with E-state index in [1.54, 1.807) is 0 Å². The lowest BCUT2D eigenvalue weighted by atomic mass is 9.84. The van der Waals surface area contributed by atoms with Crippen LogP contribution in [0.4, 0.5) is 0 Å². The number of rotatable bonds is 4. The van der Waals surface area contributed by atoms with Gasteiger partial charge in [0.2, 0.25) is 5.91 Å². The van der Waals surface area contributed by atoms with Crippen molar-refractivity contribution < 1.29 is 4.79 Å². The highest BCUT2D eigenvalue weighted by atomic mass is 16.2. The van der Waals surface area contributed by atoms with Gasteiger partial charge < -0.3 is 11.1 Å². The SMILES string of the molecule is CCC(N)C(=O)N[C@H](C)C1CCCCC1. The summed E-state index contributed by atoms with van der Waals surface area (Å²) in [7, 11) is 0. The van der Waals surface area contributed by atoms with Gasteiger partial charge in [0, 0.05) is 6.04 Å². The van der Waals surface area contributed by atoms with Crippen LogP contribution in [0.15, 0.2) is 0 Å². The monoisotopic (exact) mass is 212 g/mol. The summed E-state index contributed by atoms with van der Waals surface area (Å²) in [6.07, 6.45) is 7.19. The number of amides is 1. The van der Waals surface area contributed by atoms with Crippen molar-refractivity contribution in [1.82, 2.24) is 5.32 Å². The van der Waals surface area contributed by atoms with Crippen LogP contribution in [0.5, 0.6) is 0 Å². The van der Waals surface area contributed by atoms with E-state index in [0.29, 0.717) is 12.3 Å². The summed E-state index contributed by atoms with van der Waals surface area (Å²) in [5, 5.41) is 3.04. The Kier molecular flexibility index (Phi) is 5.09. The lowest BCUT2D eigenvalue weighted by molar-refractivity contribution is -0.123. The number of nitrogens with two attached hydrogens (primary N) is 1. The highest BCUT2D eigenvalue weighted by molar-refractivity contribution is 5.81. The average molecular weight is 212 g/mol. The maximum absolute atomic E-state index is 11.6. The molecular weight excluding hydrogens is 188 g/mol. The zero-order valence-corrected chi connectivity index (χ0v) is 9.96. The van der Waals surface area contributed by atoms with Gasteiger partial charge in [0.25, 0.3) is 0 Å². The number of carbonyl (C=O) groups excluding carboxylic acids is 1. The van der Waals surface area contributed by atoms with Crippen LogP contribution in [0.25, 0.3) is 0 Å². The highest BCUT2D eigenvalue weighted by Crippen LogP contribution is 2.26. The lowest BCUT2D eigenvalue weighted by Gasteiger charge is -2.29. The third-order valence-electron chi connectivity index (χ3n) is 3.50. The fourth-order valence-corrected chi connectivity index (χ4v) is 2.27. The van der Waals surface area contributed by atoms with Crippen LogP contribution in [0.3, 0.4) is 0 Å². The molecule has 15 heavy (non-hydrogen) atoms. The lowest BCUT2D eigenvalue weighted by Crippen LogP contribution is -2.46. The molecule has 0 aromatic heterocycles. The smallest absolute Gasteiger partial charge is 0.237 e. The zero-order valence-electron chi connectivity index (χ0n) is 9.96. The Morgan fingerprint density at radius 3 is 2.53 bits per heavy atom. The number of hydrogen-bond acceptors (Lipinski definition) is 2. The normalized spacial score (nSPS) is 22.1. The number of nitrogens with one attached hydrogen (secondary N) is 1. The second kappa shape index (κ2) is 6.11. The van der Waals surface area contributed by atoms with Crippen LogP contribution in [0.1, 0.15) is 52.4 Å².